The molecule has 1 aliphatic rings. The van der Waals surface area contributed by atoms with Gasteiger partial charge >= 0.3 is 0 Å². The van der Waals surface area contributed by atoms with Crippen molar-refractivity contribution in [1.29, 1.82) is 5.26 Å². The van der Waals surface area contributed by atoms with E-state index in [0.29, 0.717) is 18.0 Å². The smallest absolute Gasteiger partial charge is 0.124 e. The lowest BCUT2D eigenvalue weighted by atomic mass is 9.95. The molecule has 1 unspecified atom stereocenters. The maximum absolute atomic E-state index is 13.2. The van der Waals surface area contributed by atoms with E-state index < -0.39 is 0 Å². The van der Waals surface area contributed by atoms with Gasteiger partial charge < -0.3 is 14.9 Å². The average Bonchev–Trinajstić information content (AvgIpc) is 2.50. The number of hydrogen-bond acceptors (Lipinski definition) is 4. The number of benzene rings is 1. The molecule has 1 saturated heterocycles. The van der Waals surface area contributed by atoms with Crippen molar-refractivity contribution >= 4 is 0 Å². The molecule has 1 aromatic rings. The summed E-state index contributed by atoms with van der Waals surface area (Å²) in [5.74, 6) is 0.273. The van der Waals surface area contributed by atoms with E-state index in [-0.39, 0.29) is 11.9 Å². The van der Waals surface area contributed by atoms with Gasteiger partial charge in [0.25, 0.3) is 0 Å². The highest BCUT2D eigenvalue weighted by Crippen LogP contribution is 2.20. The minimum Gasteiger partial charge on any atom is -0.392 e. The number of rotatable bonds is 6. The highest BCUT2D eigenvalue weighted by Gasteiger charge is 2.21. The predicted molar refractivity (Wildman–Crippen MR) is 88.3 cm³/mol. The quantitative estimate of drug-likeness (QED) is 0.873. The van der Waals surface area contributed by atoms with Crippen LogP contribution in [0.3, 0.4) is 0 Å². The Labute approximate surface area is 138 Å². The first-order chi connectivity index (χ1) is 11.0. The van der Waals surface area contributed by atoms with E-state index in [2.05, 4.69) is 15.9 Å². The van der Waals surface area contributed by atoms with Crippen molar-refractivity contribution < 1.29 is 9.50 Å². The van der Waals surface area contributed by atoms with Crippen molar-refractivity contribution in [2.45, 2.75) is 32.4 Å². The van der Waals surface area contributed by atoms with Crippen LogP contribution in [0.25, 0.3) is 0 Å². The number of piperidine rings is 1. The van der Waals surface area contributed by atoms with Gasteiger partial charge in [-0.25, -0.2) is 4.39 Å². The van der Waals surface area contributed by atoms with Crippen molar-refractivity contribution in [3.05, 3.63) is 35.1 Å². The van der Waals surface area contributed by atoms with Crippen LogP contribution in [-0.4, -0.2) is 54.2 Å². The van der Waals surface area contributed by atoms with Gasteiger partial charge in [0.1, 0.15) is 5.82 Å². The van der Waals surface area contributed by atoms with Gasteiger partial charge in [0, 0.05) is 19.6 Å². The van der Waals surface area contributed by atoms with Gasteiger partial charge in [-0.2, -0.15) is 5.26 Å². The van der Waals surface area contributed by atoms with E-state index in [1.165, 1.54) is 12.1 Å². The lowest BCUT2D eigenvalue weighted by Gasteiger charge is -2.34. The fourth-order valence-electron chi connectivity index (χ4n) is 3.31. The van der Waals surface area contributed by atoms with E-state index in [1.54, 1.807) is 6.07 Å². The van der Waals surface area contributed by atoms with Crippen molar-refractivity contribution in [3.63, 3.8) is 0 Å². The molecule has 0 aromatic heterocycles. The predicted octanol–water partition coefficient (Wildman–Crippen LogP) is 2.22. The van der Waals surface area contributed by atoms with Gasteiger partial charge in [-0.15, -0.1) is 0 Å². The molecular formula is C18H26FN3O. The zero-order chi connectivity index (χ0) is 16.8. The minimum atomic E-state index is -0.363. The molecule has 0 spiro atoms. The second-order valence-electron chi connectivity index (χ2n) is 6.70. The fourth-order valence-corrected chi connectivity index (χ4v) is 3.31. The molecule has 1 fully saturated rings. The molecule has 0 saturated carbocycles. The number of likely N-dealkylation sites (tertiary alicyclic amines) is 1. The summed E-state index contributed by atoms with van der Waals surface area (Å²) < 4.78 is 13.2. The standard InChI is InChI=1S/C18H26FN3O/c1-14(23)11-22-7-5-15(6-8-22)12-21(2)13-16-3-4-18(19)9-17(16)10-20/h3-4,9,14-15,23H,5-8,11-13H2,1-2H3. The van der Waals surface area contributed by atoms with Crippen LogP contribution in [0.1, 0.15) is 30.9 Å². The van der Waals surface area contributed by atoms with Crippen molar-refractivity contribution in [2.75, 3.05) is 33.2 Å². The van der Waals surface area contributed by atoms with Crippen molar-refractivity contribution in [1.82, 2.24) is 9.80 Å². The topological polar surface area (TPSA) is 50.5 Å². The number of halogens is 1. The van der Waals surface area contributed by atoms with Gasteiger partial charge in [0.05, 0.1) is 17.7 Å². The van der Waals surface area contributed by atoms with Gasteiger partial charge in [0.2, 0.25) is 0 Å². The lowest BCUT2D eigenvalue weighted by Crippen LogP contribution is -2.40. The monoisotopic (exact) mass is 319 g/mol. The third-order valence-electron chi connectivity index (χ3n) is 4.43. The van der Waals surface area contributed by atoms with Crippen LogP contribution in [0.4, 0.5) is 4.39 Å². The molecule has 1 heterocycles. The van der Waals surface area contributed by atoms with Gasteiger partial charge in [-0.3, -0.25) is 0 Å². The van der Waals surface area contributed by atoms with Crippen LogP contribution in [0.2, 0.25) is 0 Å². The number of aliphatic hydroxyl groups excluding tert-OH is 1. The Kier molecular flexibility index (Phi) is 6.52. The van der Waals surface area contributed by atoms with Crippen molar-refractivity contribution in [2.24, 2.45) is 5.92 Å². The molecule has 1 atom stereocenters. The molecule has 0 amide bonds. The first-order valence-electron chi connectivity index (χ1n) is 8.25. The summed E-state index contributed by atoms with van der Waals surface area (Å²) >= 11 is 0. The number of β-amino-alcohol motifs (C(OH)–C–C–N with tert-alkyl or cyclic N) is 1. The molecule has 2 rings (SSSR count). The number of hydrogen-bond donors (Lipinski definition) is 1. The molecular weight excluding hydrogens is 293 g/mol. The van der Waals surface area contributed by atoms with Crippen LogP contribution < -0.4 is 0 Å². The summed E-state index contributed by atoms with van der Waals surface area (Å²) in [6, 6.07) is 6.49. The molecule has 1 aromatic carbocycles. The van der Waals surface area contributed by atoms with Gasteiger partial charge in [0.15, 0.2) is 0 Å². The maximum Gasteiger partial charge on any atom is 0.124 e. The van der Waals surface area contributed by atoms with Crippen molar-refractivity contribution in [3.8, 4) is 6.07 Å². The van der Waals surface area contributed by atoms with Crippen LogP contribution in [0, 0.1) is 23.1 Å². The summed E-state index contributed by atoms with van der Waals surface area (Å²) in [6.07, 6.45) is 1.99. The highest BCUT2D eigenvalue weighted by molar-refractivity contribution is 5.37. The Morgan fingerprint density at radius 3 is 2.74 bits per heavy atom. The zero-order valence-corrected chi connectivity index (χ0v) is 14.0. The first kappa shape index (κ1) is 17.9. The number of nitrogens with zero attached hydrogens (tertiary/aromatic N) is 3. The van der Waals surface area contributed by atoms with Crippen LogP contribution in [-0.2, 0) is 6.54 Å². The Hall–Kier alpha value is -1.48. The average molecular weight is 319 g/mol. The molecule has 126 valence electrons. The number of aliphatic hydroxyl groups is 1. The third-order valence-corrected chi connectivity index (χ3v) is 4.43. The number of nitriles is 1. The maximum atomic E-state index is 13.2. The van der Waals surface area contributed by atoms with E-state index >= 15 is 0 Å². The van der Waals surface area contributed by atoms with E-state index in [0.717, 1.165) is 44.6 Å². The van der Waals surface area contributed by atoms with E-state index in [1.807, 2.05) is 14.0 Å². The first-order valence-corrected chi connectivity index (χ1v) is 8.25. The molecule has 1 N–H and O–H groups in total. The molecule has 4 nitrogen and oxygen atoms in total. The Balaban J connectivity index is 1.82. The van der Waals surface area contributed by atoms with Crippen LogP contribution in [0.15, 0.2) is 18.2 Å². The highest BCUT2D eigenvalue weighted by atomic mass is 19.1. The fraction of sp³-hybridized carbons (Fsp3) is 0.611. The van der Waals surface area contributed by atoms with Gasteiger partial charge in [-0.05, 0) is 63.5 Å². The lowest BCUT2D eigenvalue weighted by molar-refractivity contribution is 0.0919. The second-order valence-corrected chi connectivity index (χ2v) is 6.70. The molecule has 1 aliphatic heterocycles. The molecule has 0 bridgehead atoms. The Bertz CT molecular complexity index is 548. The van der Waals surface area contributed by atoms with E-state index in [9.17, 15) is 9.50 Å². The van der Waals surface area contributed by atoms with E-state index in [4.69, 9.17) is 5.26 Å². The normalized spacial score (nSPS) is 18.1. The summed E-state index contributed by atoms with van der Waals surface area (Å²) in [4.78, 5) is 4.53. The Morgan fingerprint density at radius 1 is 1.43 bits per heavy atom. The summed E-state index contributed by atoms with van der Waals surface area (Å²) in [5.41, 5.74) is 1.30. The SMILES string of the molecule is CC(O)CN1CCC(CN(C)Cc2ccc(F)cc2C#N)CC1. The molecule has 23 heavy (non-hydrogen) atoms. The Morgan fingerprint density at radius 2 is 2.13 bits per heavy atom. The summed E-state index contributed by atoms with van der Waals surface area (Å²) in [5, 5.41) is 18.6. The summed E-state index contributed by atoms with van der Waals surface area (Å²) in [7, 11) is 2.05. The summed E-state index contributed by atoms with van der Waals surface area (Å²) in [6.45, 7) is 6.29. The molecule has 5 heteroatoms. The largest absolute Gasteiger partial charge is 0.392 e. The van der Waals surface area contributed by atoms with Gasteiger partial charge in [-0.1, -0.05) is 6.07 Å². The van der Waals surface area contributed by atoms with Crippen LogP contribution >= 0.6 is 0 Å². The second kappa shape index (κ2) is 8.39. The zero-order valence-electron chi connectivity index (χ0n) is 14.0. The minimum absolute atomic E-state index is 0.267. The third kappa shape index (κ3) is 5.58. The van der Waals surface area contributed by atoms with Crippen LogP contribution in [0.5, 0.6) is 0 Å². The molecule has 0 radical (unpaired) electrons. The molecule has 0 aliphatic carbocycles.